The predicted octanol–water partition coefficient (Wildman–Crippen LogP) is 1.97. The summed E-state index contributed by atoms with van der Waals surface area (Å²) in [6.07, 6.45) is 3.58. The summed E-state index contributed by atoms with van der Waals surface area (Å²) in [6.45, 7) is 5.31. The van der Waals surface area contributed by atoms with Crippen molar-refractivity contribution < 1.29 is 14.0 Å². The van der Waals surface area contributed by atoms with E-state index in [2.05, 4.69) is 27.2 Å². The molecule has 2 saturated heterocycles. The van der Waals surface area contributed by atoms with Crippen LogP contribution in [0.1, 0.15) is 19.8 Å². The van der Waals surface area contributed by atoms with Gasteiger partial charge in [-0.1, -0.05) is 16.5 Å². The highest BCUT2D eigenvalue weighted by atomic mass is 32.1. The maximum Gasteiger partial charge on any atom is 0.208 e. The summed E-state index contributed by atoms with van der Waals surface area (Å²) in [7, 11) is 0. The lowest BCUT2D eigenvalue weighted by Gasteiger charge is -2.47. The summed E-state index contributed by atoms with van der Waals surface area (Å²) < 4.78 is 16.6. The Morgan fingerprint density at radius 3 is 2.95 bits per heavy atom. The molecule has 1 unspecified atom stereocenters. The molecule has 4 rings (SSSR count). The topological polar surface area (TPSA) is 73.5 Å². The van der Waals surface area contributed by atoms with E-state index < -0.39 is 0 Å². The minimum absolute atomic E-state index is 0.115. The van der Waals surface area contributed by atoms with Crippen molar-refractivity contribution in [2.24, 2.45) is 0 Å². The van der Waals surface area contributed by atoms with Crippen LogP contribution in [0, 0.1) is 0 Å². The van der Waals surface area contributed by atoms with Gasteiger partial charge >= 0.3 is 0 Å². The van der Waals surface area contributed by atoms with E-state index in [4.69, 9.17) is 14.0 Å². The second kappa shape index (κ2) is 5.60. The molecule has 7 nitrogen and oxygen atoms in total. The molecule has 2 fully saturated rings. The minimum atomic E-state index is -0.115. The zero-order valence-electron chi connectivity index (χ0n) is 12.4. The fourth-order valence-corrected chi connectivity index (χ4v) is 3.97. The van der Waals surface area contributed by atoms with Crippen molar-refractivity contribution in [1.29, 1.82) is 0 Å². The van der Waals surface area contributed by atoms with Gasteiger partial charge in [-0.05, 0) is 6.92 Å². The summed E-state index contributed by atoms with van der Waals surface area (Å²) in [5.74, 6) is 0. The summed E-state index contributed by atoms with van der Waals surface area (Å²) >= 11 is 1.54. The lowest BCUT2D eigenvalue weighted by molar-refractivity contribution is -0.145. The van der Waals surface area contributed by atoms with Gasteiger partial charge in [-0.3, -0.25) is 0 Å². The zero-order valence-corrected chi connectivity index (χ0v) is 13.2. The van der Waals surface area contributed by atoms with Gasteiger partial charge < -0.3 is 18.9 Å². The van der Waals surface area contributed by atoms with Crippen LogP contribution in [0.5, 0.6) is 0 Å². The third-order valence-corrected chi connectivity index (χ3v) is 5.16. The van der Waals surface area contributed by atoms with Gasteiger partial charge in [0, 0.05) is 45.2 Å². The van der Waals surface area contributed by atoms with E-state index in [9.17, 15) is 0 Å². The molecule has 2 aromatic heterocycles. The standard InChI is InChI=1S/C14H18N4O3S/c1-10-8-18(9-14(21-10)3-6-19-7-4-14)13-16-15-12(22-13)11-2-5-20-17-11/h2,5,10H,3-4,6-9H2,1H3. The Morgan fingerprint density at radius 2 is 2.18 bits per heavy atom. The molecule has 0 amide bonds. The highest BCUT2D eigenvalue weighted by Gasteiger charge is 2.41. The van der Waals surface area contributed by atoms with Crippen molar-refractivity contribution in [3.63, 3.8) is 0 Å². The van der Waals surface area contributed by atoms with Crippen LogP contribution in [0.2, 0.25) is 0 Å². The predicted molar refractivity (Wildman–Crippen MR) is 81.0 cm³/mol. The third-order valence-electron chi connectivity index (χ3n) is 4.15. The number of hydrogen-bond donors (Lipinski definition) is 0. The van der Waals surface area contributed by atoms with Crippen molar-refractivity contribution >= 4 is 16.5 Å². The van der Waals surface area contributed by atoms with Gasteiger partial charge in [0.1, 0.15) is 12.0 Å². The van der Waals surface area contributed by atoms with Crippen molar-refractivity contribution in [2.45, 2.75) is 31.5 Å². The molecule has 1 spiro atoms. The number of nitrogens with zero attached hydrogens (tertiary/aromatic N) is 4. The Kier molecular flexibility index (Phi) is 3.59. The first-order valence-electron chi connectivity index (χ1n) is 7.49. The summed E-state index contributed by atoms with van der Waals surface area (Å²) in [5, 5.41) is 14.2. The Morgan fingerprint density at radius 1 is 1.32 bits per heavy atom. The van der Waals surface area contributed by atoms with E-state index in [1.807, 2.05) is 0 Å². The van der Waals surface area contributed by atoms with E-state index in [-0.39, 0.29) is 11.7 Å². The second-order valence-corrected chi connectivity index (χ2v) is 6.83. The zero-order chi connectivity index (χ0) is 15.0. The molecule has 0 aliphatic carbocycles. The monoisotopic (exact) mass is 322 g/mol. The largest absolute Gasteiger partial charge is 0.381 e. The highest BCUT2D eigenvalue weighted by Crippen LogP contribution is 2.35. The van der Waals surface area contributed by atoms with Crippen LogP contribution in [-0.2, 0) is 9.47 Å². The number of anilines is 1. The SMILES string of the molecule is CC1CN(c2nnc(-c3ccon3)s2)CC2(CCOCC2)O1. The molecular formula is C14H18N4O3S. The maximum absolute atomic E-state index is 6.25. The molecule has 22 heavy (non-hydrogen) atoms. The molecule has 0 saturated carbocycles. The molecule has 4 heterocycles. The van der Waals surface area contributed by atoms with Gasteiger partial charge in [-0.15, -0.1) is 10.2 Å². The molecule has 1 atom stereocenters. The van der Waals surface area contributed by atoms with Crippen LogP contribution < -0.4 is 4.90 Å². The van der Waals surface area contributed by atoms with Crippen LogP contribution in [0.3, 0.4) is 0 Å². The Bertz CT molecular complexity index is 624. The van der Waals surface area contributed by atoms with Gasteiger partial charge in [-0.2, -0.15) is 0 Å². The summed E-state index contributed by atoms with van der Waals surface area (Å²) in [4.78, 5) is 2.28. The van der Waals surface area contributed by atoms with E-state index >= 15 is 0 Å². The third kappa shape index (κ3) is 2.62. The van der Waals surface area contributed by atoms with Crippen molar-refractivity contribution in [3.8, 4) is 10.7 Å². The Hall–Kier alpha value is -1.51. The maximum atomic E-state index is 6.25. The van der Waals surface area contributed by atoms with Gasteiger partial charge in [-0.25, -0.2) is 0 Å². The van der Waals surface area contributed by atoms with E-state index in [0.29, 0.717) is 0 Å². The lowest BCUT2D eigenvalue weighted by atomic mass is 9.91. The number of hydrogen-bond acceptors (Lipinski definition) is 8. The van der Waals surface area contributed by atoms with Gasteiger partial charge in [0.25, 0.3) is 0 Å². The smallest absolute Gasteiger partial charge is 0.208 e. The molecule has 0 N–H and O–H groups in total. The van der Waals surface area contributed by atoms with Crippen LogP contribution in [0.15, 0.2) is 16.9 Å². The van der Waals surface area contributed by atoms with Crippen molar-refractivity contribution in [2.75, 3.05) is 31.2 Å². The normalized spacial score (nSPS) is 24.8. The van der Waals surface area contributed by atoms with Crippen molar-refractivity contribution in [1.82, 2.24) is 15.4 Å². The summed E-state index contributed by atoms with van der Waals surface area (Å²) in [6, 6.07) is 1.80. The molecule has 2 aliphatic heterocycles. The first-order valence-corrected chi connectivity index (χ1v) is 8.31. The molecule has 0 bridgehead atoms. The molecule has 2 aliphatic rings. The van der Waals surface area contributed by atoms with Crippen LogP contribution in [0.25, 0.3) is 10.7 Å². The number of aromatic nitrogens is 3. The molecule has 0 aromatic carbocycles. The van der Waals surface area contributed by atoms with Crippen LogP contribution in [0.4, 0.5) is 5.13 Å². The molecule has 0 radical (unpaired) electrons. The van der Waals surface area contributed by atoms with Crippen LogP contribution in [-0.4, -0.2) is 53.4 Å². The minimum Gasteiger partial charge on any atom is -0.381 e. The first-order chi connectivity index (χ1) is 10.7. The molecule has 2 aromatic rings. The quantitative estimate of drug-likeness (QED) is 0.837. The summed E-state index contributed by atoms with van der Waals surface area (Å²) in [5.41, 5.74) is 0.612. The molecule has 8 heteroatoms. The molecule has 118 valence electrons. The second-order valence-electron chi connectivity index (χ2n) is 5.88. The number of ether oxygens (including phenoxy) is 2. The van der Waals surface area contributed by atoms with E-state index in [1.165, 1.54) is 0 Å². The number of morpholine rings is 1. The van der Waals surface area contributed by atoms with E-state index in [0.717, 1.165) is 55.0 Å². The highest BCUT2D eigenvalue weighted by molar-refractivity contribution is 7.18. The fraction of sp³-hybridized carbons (Fsp3) is 0.643. The Balaban J connectivity index is 1.56. The number of rotatable bonds is 2. The van der Waals surface area contributed by atoms with Gasteiger partial charge in [0.2, 0.25) is 5.13 Å². The average Bonchev–Trinajstić information content (AvgIpc) is 3.18. The van der Waals surface area contributed by atoms with Gasteiger partial charge in [0.05, 0.1) is 11.7 Å². The average molecular weight is 322 g/mol. The van der Waals surface area contributed by atoms with Gasteiger partial charge in [0.15, 0.2) is 5.01 Å². The first kappa shape index (κ1) is 14.1. The molecular weight excluding hydrogens is 304 g/mol. The lowest BCUT2D eigenvalue weighted by Crippen LogP contribution is -2.57. The van der Waals surface area contributed by atoms with E-state index in [1.54, 1.807) is 23.7 Å². The fourth-order valence-electron chi connectivity index (χ4n) is 3.16. The Labute approximate surface area is 132 Å². The van der Waals surface area contributed by atoms with Crippen molar-refractivity contribution in [3.05, 3.63) is 12.3 Å². The van der Waals surface area contributed by atoms with Crippen LogP contribution >= 0.6 is 11.3 Å².